The number of hydrogen-bond donors (Lipinski definition) is 1. The second-order valence-electron chi connectivity index (χ2n) is 3.12. The van der Waals surface area contributed by atoms with Gasteiger partial charge in [-0.1, -0.05) is 0 Å². The molecule has 9 nitrogen and oxygen atoms in total. The first-order valence-corrected chi connectivity index (χ1v) is 4.96. The van der Waals surface area contributed by atoms with Crippen molar-refractivity contribution < 1.29 is 19.1 Å². The highest BCUT2D eigenvalue weighted by molar-refractivity contribution is 5.61. The van der Waals surface area contributed by atoms with Crippen molar-refractivity contribution in [1.29, 1.82) is 0 Å². The summed E-state index contributed by atoms with van der Waals surface area (Å²) in [5, 5.41) is 13.7. The summed E-state index contributed by atoms with van der Waals surface area (Å²) in [5.74, 6) is -0.0603. The lowest BCUT2D eigenvalue weighted by Crippen LogP contribution is -2.24. The molecule has 0 saturated heterocycles. The average Bonchev–Trinajstić information content (AvgIpc) is 2.39. The Balaban J connectivity index is 2.91. The fraction of sp³-hybridized carbons (Fsp3) is 0.556. The number of ether oxygens (including phenoxy) is 3. The summed E-state index contributed by atoms with van der Waals surface area (Å²) in [7, 11) is 4.22. The van der Waals surface area contributed by atoms with Crippen LogP contribution in [0.2, 0.25) is 0 Å². The number of aromatic nitrogens is 2. The number of nitrogens with zero attached hydrogens (tertiary/aromatic N) is 3. The van der Waals surface area contributed by atoms with Crippen molar-refractivity contribution in [2.75, 3.05) is 33.2 Å². The first kappa shape index (κ1) is 14.1. The van der Waals surface area contributed by atoms with Crippen LogP contribution in [0.3, 0.4) is 0 Å². The molecule has 1 N–H and O–H groups in total. The van der Waals surface area contributed by atoms with E-state index in [-0.39, 0.29) is 23.9 Å². The summed E-state index contributed by atoms with van der Waals surface area (Å²) in [6, 6.07) is 0. The van der Waals surface area contributed by atoms with Crippen LogP contribution < -0.4 is 10.1 Å². The molecule has 1 aromatic heterocycles. The van der Waals surface area contributed by atoms with E-state index in [1.165, 1.54) is 27.7 Å². The Labute approximate surface area is 103 Å². The highest BCUT2D eigenvalue weighted by Gasteiger charge is 2.24. The first-order chi connectivity index (χ1) is 8.63. The maximum Gasteiger partial charge on any atom is 0.372 e. The Hall–Kier alpha value is -2.00. The molecule has 0 aromatic carbocycles. The predicted molar refractivity (Wildman–Crippen MR) is 61.5 cm³/mol. The van der Waals surface area contributed by atoms with Gasteiger partial charge in [0.05, 0.1) is 18.6 Å². The van der Waals surface area contributed by atoms with E-state index in [2.05, 4.69) is 15.3 Å². The molecule has 100 valence electrons. The van der Waals surface area contributed by atoms with E-state index in [0.29, 0.717) is 0 Å². The van der Waals surface area contributed by atoms with Crippen molar-refractivity contribution in [3.05, 3.63) is 16.4 Å². The highest BCUT2D eigenvalue weighted by atomic mass is 16.7. The smallest absolute Gasteiger partial charge is 0.372 e. The van der Waals surface area contributed by atoms with E-state index in [4.69, 9.17) is 14.2 Å². The molecule has 0 saturated carbocycles. The van der Waals surface area contributed by atoms with Gasteiger partial charge in [0, 0.05) is 14.2 Å². The zero-order valence-corrected chi connectivity index (χ0v) is 10.2. The Morgan fingerprint density at radius 2 is 2.06 bits per heavy atom. The fourth-order valence-corrected chi connectivity index (χ4v) is 1.25. The lowest BCUT2D eigenvalue weighted by molar-refractivity contribution is -0.385. The van der Waals surface area contributed by atoms with Crippen LogP contribution in [0.4, 0.5) is 11.5 Å². The van der Waals surface area contributed by atoms with Crippen LogP contribution in [0.15, 0.2) is 6.33 Å². The molecule has 9 heteroatoms. The molecule has 0 radical (unpaired) electrons. The number of hydrogen-bond acceptors (Lipinski definition) is 8. The van der Waals surface area contributed by atoms with Gasteiger partial charge in [0.25, 0.3) is 5.88 Å². The van der Waals surface area contributed by atoms with Gasteiger partial charge in [-0.05, 0) is 0 Å². The average molecular weight is 258 g/mol. The second kappa shape index (κ2) is 6.67. The molecule has 0 aliphatic heterocycles. The van der Waals surface area contributed by atoms with Crippen molar-refractivity contribution in [2.24, 2.45) is 0 Å². The van der Waals surface area contributed by atoms with Crippen molar-refractivity contribution >= 4 is 11.5 Å². The standard InChI is InChI=1S/C9H14N4O5/c1-16-6(17-2)4-10-8-7(13(14)15)9(18-3)12-5-11-8/h5-6H,4H2,1-3H3,(H,10,11,12). The maximum absolute atomic E-state index is 10.9. The summed E-state index contributed by atoms with van der Waals surface area (Å²) in [6.07, 6.45) is 0.633. The Bertz CT molecular complexity index is 410. The number of rotatable bonds is 7. The number of anilines is 1. The number of nitro groups is 1. The molecule has 0 bridgehead atoms. The van der Waals surface area contributed by atoms with Crippen LogP contribution in [0.1, 0.15) is 0 Å². The molecular formula is C9H14N4O5. The third-order valence-electron chi connectivity index (χ3n) is 2.13. The van der Waals surface area contributed by atoms with Crippen LogP contribution in [-0.2, 0) is 9.47 Å². The van der Waals surface area contributed by atoms with Gasteiger partial charge in [-0.3, -0.25) is 10.1 Å². The minimum Gasteiger partial charge on any atom is -0.476 e. The van der Waals surface area contributed by atoms with Gasteiger partial charge in [0.15, 0.2) is 6.29 Å². The molecular weight excluding hydrogens is 244 g/mol. The molecule has 0 atom stereocenters. The molecule has 0 fully saturated rings. The second-order valence-corrected chi connectivity index (χ2v) is 3.12. The minimum atomic E-state index is -0.615. The monoisotopic (exact) mass is 258 g/mol. The Kier molecular flexibility index (Phi) is 5.21. The topological polar surface area (TPSA) is 109 Å². The molecule has 0 amide bonds. The van der Waals surface area contributed by atoms with Gasteiger partial charge >= 0.3 is 5.69 Å². The molecule has 0 unspecified atom stereocenters. The molecule has 0 aliphatic rings. The van der Waals surface area contributed by atoms with Gasteiger partial charge in [-0.2, -0.15) is 4.98 Å². The molecule has 0 spiro atoms. The summed E-state index contributed by atoms with van der Waals surface area (Å²) < 4.78 is 14.7. The molecule has 18 heavy (non-hydrogen) atoms. The fourth-order valence-electron chi connectivity index (χ4n) is 1.25. The lowest BCUT2D eigenvalue weighted by atomic mass is 10.4. The van der Waals surface area contributed by atoms with Crippen molar-refractivity contribution in [3.63, 3.8) is 0 Å². The van der Waals surface area contributed by atoms with Gasteiger partial charge in [-0.15, -0.1) is 0 Å². The minimum absolute atomic E-state index is 0.0472. The van der Waals surface area contributed by atoms with Gasteiger partial charge < -0.3 is 19.5 Å². The Morgan fingerprint density at radius 1 is 1.39 bits per heavy atom. The van der Waals surface area contributed by atoms with Crippen molar-refractivity contribution in [3.8, 4) is 5.88 Å². The van der Waals surface area contributed by atoms with E-state index in [1.807, 2.05) is 0 Å². The summed E-state index contributed by atoms with van der Waals surface area (Å²) in [5.41, 5.74) is -0.328. The van der Waals surface area contributed by atoms with E-state index in [9.17, 15) is 10.1 Å². The van der Waals surface area contributed by atoms with E-state index in [0.717, 1.165) is 0 Å². The Morgan fingerprint density at radius 3 is 2.56 bits per heavy atom. The summed E-state index contributed by atoms with van der Waals surface area (Å²) in [4.78, 5) is 17.8. The highest BCUT2D eigenvalue weighted by Crippen LogP contribution is 2.30. The first-order valence-electron chi connectivity index (χ1n) is 4.96. The lowest BCUT2D eigenvalue weighted by Gasteiger charge is -2.14. The molecule has 0 aliphatic carbocycles. The van der Waals surface area contributed by atoms with Crippen LogP contribution in [-0.4, -0.2) is 49.1 Å². The third kappa shape index (κ3) is 3.25. The normalized spacial score (nSPS) is 10.4. The van der Waals surface area contributed by atoms with Crippen molar-refractivity contribution in [2.45, 2.75) is 6.29 Å². The van der Waals surface area contributed by atoms with Crippen molar-refractivity contribution in [1.82, 2.24) is 9.97 Å². The van der Waals surface area contributed by atoms with E-state index in [1.54, 1.807) is 0 Å². The largest absolute Gasteiger partial charge is 0.476 e. The summed E-state index contributed by atoms with van der Waals surface area (Å²) in [6.45, 7) is 0.202. The number of methoxy groups -OCH3 is 3. The van der Waals surface area contributed by atoms with Crippen LogP contribution in [0.25, 0.3) is 0 Å². The summed E-state index contributed by atoms with van der Waals surface area (Å²) >= 11 is 0. The molecule has 1 heterocycles. The van der Waals surface area contributed by atoms with Gasteiger partial charge in [-0.25, -0.2) is 4.98 Å². The maximum atomic E-state index is 10.9. The van der Waals surface area contributed by atoms with E-state index < -0.39 is 11.2 Å². The quantitative estimate of drug-likeness (QED) is 0.426. The van der Waals surface area contributed by atoms with Crippen LogP contribution >= 0.6 is 0 Å². The zero-order chi connectivity index (χ0) is 13.5. The van der Waals surface area contributed by atoms with Crippen LogP contribution in [0, 0.1) is 10.1 Å². The van der Waals surface area contributed by atoms with Gasteiger partial charge in [0.2, 0.25) is 5.82 Å². The van der Waals surface area contributed by atoms with Crippen LogP contribution in [0.5, 0.6) is 5.88 Å². The SMILES string of the molecule is COc1ncnc(NCC(OC)OC)c1[N+](=O)[O-]. The predicted octanol–water partition coefficient (Wildman–Crippen LogP) is 0.424. The van der Waals surface area contributed by atoms with E-state index >= 15 is 0 Å². The van der Waals surface area contributed by atoms with Gasteiger partial charge in [0.1, 0.15) is 6.33 Å². The molecule has 1 rings (SSSR count). The molecule has 1 aromatic rings. The third-order valence-corrected chi connectivity index (χ3v) is 2.13. The number of nitrogens with one attached hydrogen (secondary N) is 1. The zero-order valence-electron chi connectivity index (χ0n) is 10.2.